The second-order valence-electron chi connectivity index (χ2n) is 8.36. The van der Waals surface area contributed by atoms with Gasteiger partial charge in [0.2, 0.25) is 5.91 Å². The molecular weight excluding hydrogens is 459 g/mol. The Morgan fingerprint density at radius 2 is 1.73 bits per heavy atom. The molecule has 3 heterocycles. The molecule has 2 aliphatic rings. The third-order valence-electron chi connectivity index (χ3n) is 6.14. The van der Waals surface area contributed by atoms with Crippen molar-refractivity contribution in [3.63, 3.8) is 0 Å². The molecule has 2 saturated heterocycles. The first-order valence-electron chi connectivity index (χ1n) is 11.8. The van der Waals surface area contributed by atoms with Crippen LogP contribution in [0.5, 0.6) is 5.75 Å². The molecule has 1 amide bonds. The minimum Gasteiger partial charge on any atom is -0.490 e. The van der Waals surface area contributed by atoms with E-state index >= 15 is 0 Å². The van der Waals surface area contributed by atoms with Crippen LogP contribution < -0.4 is 10.5 Å². The van der Waals surface area contributed by atoms with Crippen molar-refractivity contribution in [2.75, 3.05) is 31.9 Å². The molecule has 0 aliphatic carbocycles. The number of nitrogens with zero attached hydrogens (tertiary/aromatic N) is 3. The Kier molecular flexibility index (Phi) is 9.65. The van der Waals surface area contributed by atoms with Gasteiger partial charge in [-0.2, -0.15) is 0 Å². The molecule has 180 valence electrons. The lowest BCUT2D eigenvalue weighted by Gasteiger charge is -2.37. The van der Waals surface area contributed by atoms with Crippen molar-refractivity contribution in [2.24, 2.45) is 5.92 Å². The van der Waals surface area contributed by atoms with Crippen molar-refractivity contribution < 1.29 is 9.53 Å². The molecule has 2 fully saturated rings. The number of benzene rings is 1. The Hall–Kier alpha value is -2.02. The van der Waals surface area contributed by atoms with E-state index in [2.05, 4.69) is 9.88 Å². The summed E-state index contributed by atoms with van der Waals surface area (Å²) in [5.74, 6) is 1.68. The molecule has 8 heteroatoms. The lowest BCUT2D eigenvalue weighted by atomic mass is 9.94. The maximum absolute atomic E-state index is 13.0. The number of rotatable bonds is 5. The van der Waals surface area contributed by atoms with Gasteiger partial charge in [0.05, 0.1) is 10.0 Å². The molecule has 0 bridgehead atoms. The van der Waals surface area contributed by atoms with Gasteiger partial charge < -0.3 is 15.4 Å². The van der Waals surface area contributed by atoms with Crippen LogP contribution in [0, 0.1) is 5.92 Å². The third-order valence-corrected chi connectivity index (χ3v) is 6.87. The lowest BCUT2D eigenvalue weighted by Crippen LogP contribution is -2.46. The van der Waals surface area contributed by atoms with Crippen molar-refractivity contribution in [3.05, 3.63) is 52.1 Å². The first kappa shape index (κ1) is 25.6. The number of aromatic nitrogens is 1. The summed E-state index contributed by atoms with van der Waals surface area (Å²) < 4.78 is 6.04. The SMILES string of the molecule is CC.Nc1cc(CN2CCC(C(=O)N3CCC(Oc4ccc(Cl)c(Cl)c4)CC3)CC2)ccn1. The van der Waals surface area contributed by atoms with Crippen molar-refractivity contribution in [3.8, 4) is 5.75 Å². The molecule has 6 nitrogen and oxygen atoms in total. The number of piperidine rings is 2. The zero-order chi connectivity index (χ0) is 23.8. The van der Waals surface area contributed by atoms with E-state index in [-0.39, 0.29) is 12.0 Å². The van der Waals surface area contributed by atoms with Crippen LogP contribution in [0.4, 0.5) is 5.82 Å². The van der Waals surface area contributed by atoms with Gasteiger partial charge in [-0.25, -0.2) is 4.98 Å². The third kappa shape index (κ3) is 7.23. The summed E-state index contributed by atoms with van der Waals surface area (Å²) in [5, 5.41) is 1.01. The van der Waals surface area contributed by atoms with Crippen LogP contribution in [-0.2, 0) is 11.3 Å². The van der Waals surface area contributed by atoms with Crippen LogP contribution in [0.1, 0.15) is 45.1 Å². The second-order valence-corrected chi connectivity index (χ2v) is 9.17. The summed E-state index contributed by atoms with van der Waals surface area (Å²) in [7, 11) is 0. The molecule has 0 atom stereocenters. The molecule has 2 N–H and O–H groups in total. The van der Waals surface area contributed by atoms with Gasteiger partial charge in [0.1, 0.15) is 17.7 Å². The van der Waals surface area contributed by atoms with Gasteiger partial charge >= 0.3 is 0 Å². The highest BCUT2D eigenvalue weighted by Crippen LogP contribution is 2.29. The molecule has 0 unspecified atom stereocenters. The van der Waals surface area contributed by atoms with E-state index in [1.54, 1.807) is 18.3 Å². The largest absolute Gasteiger partial charge is 0.490 e. The maximum atomic E-state index is 13.0. The van der Waals surface area contributed by atoms with Crippen molar-refractivity contribution in [2.45, 2.75) is 52.2 Å². The summed E-state index contributed by atoms with van der Waals surface area (Å²) in [6.45, 7) is 8.18. The van der Waals surface area contributed by atoms with Crippen LogP contribution in [0.3, 0.4) is 0 Å². The summed E-state index contributed by atoms with van der Waals surface area (Å²) >= 11 is 12.0. The minimum atomic E-state index is 0.0935. The Morgan fingerprint density at radius 1 is 1.03 bits per heavy atom. The number of ether oxygens (including phenoxy) is 1. The van der Waals surface area contributed by atoms with Crippen molar-refractivity contribution in [1.29, 1.82) is 0 Å². The molecule has 0 spiro atoms. The Bertz CT molecular complexity index is 911. The summed E-state index contributed by atoms with van der Waals surface area (Å²) in [6, 6.07) is 9.24. The number of carbonyl (C=O) groups excluding carboxylic acids is 1. The average molecular weight is 493 g/mol. The summed E-state index contributed by atoms with van der Waals surface area (Å²) in [6.07, 6.45) is 5.30. The topological polar surface area (TPSA) is 71.7 Å². The fraction of sp³-hybridized carbons (Fsp3) is 0.520. The number of pyridine rings is 1. The zero-order valence-corrected chi connectivity index (χ0v) is 21.0. The van der Waals surface area contributed by atoms with Crippen LogP contribution in [-0.4, -0.2) is 53.0 Å². The van der Waals surface area contributed by atoms with Gasteiger partial charge in [-0.1, -0.05) is 37.0 Å². The van der Waals surface area contributed by atoms with E-state index < -0.39 is 0 Å². The predicted molar refractivity (Wildman–Crippen MR) is 135 cm³/mol. The van der Waals surface area contributed by atoms with E-state index in [4.69, 9.17) is 33.7 Å². The molecule has 33 heavy (non-hydrogen) atoms. The maximum Gasteiger partial charge on any atom is 0.225 e. The molecule has 0 saturated carbocycles. The standard InChI is InChI=1S/C23H28Cl2N4O2.C2H6/c24-20-2-1-19(14-21(20)25)31-18-6-11-29(12-7-18)23(30)17-4-9-28(10-5-17)15-16-3-8-27-22(26)13-16;1-2/h1-3,8,13-14,17-18H,4-7,9-12,15H2,(H2,26,27);1-2H3. The first-order chi connectivity index (χ1) is 16.0. The average Bonchev–Trinajstić information content (AvgIpc) is 2.83. The van der Waals surface area contributed by atoms with Crippen molar-refractivity contribution in [1.82, 2.24) is 14.8 Å². The quantitative estimate of drug-likeness (QED) is 0.614. The number of halogens is 2. The molecule has 2 aromatic rings. The van der Waals surface area contributed by atoms with E-state index in [9.17, 15) is 4.79 Å². The number of amides is 1. The highest BCUT2D eigenvalue weighted by atomic mass is 35.5. The van der Waals surface area contributed by atoms with E-state index in [1.165, 1.54) is 5.56 Å². The molecule has 1 aromatic heterocycles. The number of hydrogen-bond acceptors (Lipinski definition) is 5. The van der Waals surface area contributed by atoms with Gasteiger partial charge in [0.15, 0.2) is 0 Å². The smallest absolute Gasteiger partial charge is 0.225 e. The van der Waals surface area contributed by atoms with Crippen molar-refractivity contribution >= 4 is 34.9 Å². The van der Waals surface area contributed by atoms with Gasteiger partial charge in [-0.3, -0.25) is 9.69 Å². The Morgan fingerprint density at radius 3 is 2.36 bits per heavy atom. The van der Waals surface area contributed by atoms with Gasteiger partial charge in [0.25, 0.3) is 0 Å². The molecule has 4 rings (SSSR count). The predicted octanol–water partition coefficient (Wildman–Crippen LogP) is 5.28. The van der Waals surface area contributed by atoms with Crippen LogP contribution in [0.15, 0.2) is 36.5 Å². The zero-order valence-electron chi connectivity index (χ0n) is 19.5. The highest BCUT2D eigenvalue weighted by molar-refractivity contribution is 6.42. The van der Waals surface area contributed by atoms with Crippen LogP contribution in [0.25, 0.3) is 0 Å². The normalized spacial score (nSPS) is 17.9. The van der Waals surface area contributed by atoms with Crippen LogP contribution >= 0.6 is 23.2 Å². The lowest BCUT2D eigenvalue weighted by molar-refractivity contribution is -0.139. The van der Waals surface area contributed by atoms with Gasteiger partial charge in [-0.05, 0) is 55.8 Å². The molecule has 2 aliphatic heterocycles. The fourth-order valence-electron chi connectivity index (χ4n) is 4.38. The number of carbonyl (C=O) groups is 1. The van der Waals surface area contributed by atoms with E-state index in [1.807, 2.05) is 36.9 Å². The monoisotopic (exact) mass is 492 g/mol. The van der Waals surface area contributed by atoms with E-state index in [0.29, 0.717) is 21.8 Å². The number of hydrogen-bond donors (Lipinski definition) is 1. The number of nitrogen functional groups attached to an aromatic ring is 1. The van der Waals surface area contributed by atoms with Crippen LogP contribution in [0.2, 0.25) is 10.0 Å². The summed E-state index contributed by atoms with van der Waals surface area (Å²) in [5.41, 5.74) is 6.94. The molecule has 0 radical (unpaired) electrons. The molecule has 1 aromatic carbocycles. The van der Waals surface area contributed by atoms with Gasteiger partial charge in [-0.15, -0.1) is 0 Å². The Labute approximate surface area is 207 Å². The van der Waals surface area contributed by atoms with Gasteiger partial charge in [0, 0.05) is 50.7 Å². The first-order valence-corrected chi connectivity index (χ1v) is 12.6. The fourth-order valence-corrected chi connectivity index (χ4v) is 4.67. The number of anilines is 1. The summed E-state index contributed by atoms with van der Waals surface area (Å²) in [4.78, 5) is 21.5. The molecular formula is C25H34Cl2N4O2. The number of nitrogens with two attached hydrogens (primary N) is 1. The Balaban J connectivity index is 0.00000149. The second kappa shape index (κ2) is 12.4. The van der Waals surface area contributed by atoms with E-state index in [0.717, 1.165) is 64.2 Å². The number of likely N-dealkylation sites (tertiary alicyclic amines) is 2. The minimum absolute atomic E-state index is 0.0935. The highest BCUT2D eigenvalue weighted by Gasteiger charge is 2.31.